The van der Waals surface area contributed by atoms with Gasteiger partial charge in [0.15, 0.2) is 5.17 Å². The van der Waals surface area contributed by atoms with Crippen molar-refractivity contribution in [3.8, 4) is 5.75 Å². The van der Waals surface area contributed by atoms with Gasteiger partial charge in [0.05, 0.1) is 21.6 Å². The molecule has 4 rings (SSSR count). The van der Waals surface area contributed by atoms with E-state index in [9.17, 15) is 9.90 Å². The van der Waals surface area contributed by atoms with E-state index in [1.54, 1.807) is 17.0 Å². The number of rotatable bonds is 5. The van der Waals surface area contributed by atoms with Crippen LogP contribution in [0.3, 0.4) is 0 Å². The molecule has 0 aliphatic carbocycles. The lowest BCUT2D eigenvalue weighted by Gasteiger charge is -2.15. The molecule has 0 aromatic heterocycles. The molecule has 1 saturated heterocycles. The van der Waals surface area contributed by atoms with Crippen LogP contribution in [0.1, 0.15) is 16.7 Å². The molecule has 0 atom stereocenters. The standard InChI is InChI=1S/C24H19IN2O2S/c25-20-13-19(11-12-21(20)28)14-22-23(29)27(16-18-9-5-2-6-10-18)24(30-22)26-15-17-7-3-1-4-8-17/h1-14,28H,15-16H2/b22-14-,26-24?. The van der Waals surface area contributed by atoms with Crippen LogP contribution in [0.2, 0.25) is 0 Å². The molecule has 1 amide bonds. The molecular weight excluding hydrogens is 507 g/mol. The van der Waals surface area contributed by atoms with E-state index in [0.717, 1.165) is 20.3 Å². The highest BCUT2D eigenvalue weighted by atomic mass is 127. The van der Waals surface area contributed by atoms with Gasteiger partial charge in [-0.25, -0.2) is 0 Å². The van der Waals surface area contributed by atoms with Crippen molar-refractivity contribution in [2.45, 2.75) is 13.1 Å². The minimum atomic E-state index is -0.0567. The van der Waals surface area contributed by atoms with E-state index in [-0.39, 0.29) is 11.7 Å². The zero-order valence-electron chi connectivity index (χ0n) is 16.0. The van der Waals surface area contributed by atoms with E-state index in [4.69, 9.17) is 4.99 Å². The van der Waals surface area contributed by atoms with Gasteiger partial charge in [0.1, 0.15) is 5.75 Å². The van der Waals surface area contributed by atoms with Crippen molar-refractivity contribution in [2.24, 2.45) is 4.99 Å². The first-order chi connectivity index (χ1) is 14.6. The number of benzene rings is 3. The third-order valence-electron chi connectivity index (χ3n) is 4.58. The lowest BCUT2D eigenvalue weighted by atomic mass is 10.2. The molecule has 0 radical (unpaired) electrons. The second-order valence-corrected chi connectivity index (χ2v) is 8.95. The van der Waals surface area contributed by atoms with Crippen molar-refractivity contribution >= 4 is 51.5 Å². The molecule has 1 N–H and O–H groups in total. The van der Waals surface area contributed by atoms with Crippen molar-refractivity contribution in [1.82, 2.24) is 4.90 Å². The van der Waals surface area contributed by atoms with Crippen molar-refractivity contribution < 1.29 is 9.90 Å². The molecule has 1 aliphatic heterocycles. The molecule has 4 nitrogen and oxygen atoms in total. The number of thioether (sulfide) groups is 1. The number of carbonyl (C=O) groups excluding carboxylic acids is 1. The molecule has 1 fully saturated rings. The summed E-state index contributed by atoms with van der Waals surface area (Å²) in [6.07, 6.45) is 1.86. The van der Waals surface area contributed by atoms with Crippen LogP contribution in [0.25, 0.3) is 6.08 Å². The number of amides is 1. The van der Waals surface area contributed by atoms with E-state index in [1.807, 2.05) is 72.8 Å². The van der Waals surface area contributed by atoms with Crippen molar-refractivity contribution in [2.75, 3.05) is 0 Å². The molecular formula is C24H19IN2O2S. The number of aromatic hydroxyl groups is 1. The quantitative estimate of drug-likeness (QED) is 0.345. The van der Waals surface area contributed by atoms with Crippen LogP contribution in [-0.2, 0) is 17.9 Å². The van der Waals surface area contributed by atoms with Gasteiger partial charge in [-0.15, -0.1) is 0 Å². The van der Waals surface area contributed by atoms with Gasteiger partial charge in [0.2, 0.25) is 0 Å². The maximum atomic E-state index is 13.2. The second kappa shape index (κ2) is 9.49. The average molecular weight is 526 g/mol. The summed E-state index contributed by atoms with van der Waals surface area (Å²) in [5.74, 6) is 0.178. The lowest BCUT2D eigenvalue weighted by Crippen LogP contribution is -2.28. The number of nitrogens with zero attached hydrogens (tertiary/aromatic N) is 2. The average Bonchev–Trinajstić information content (AvgIpc) is 3.05. The molecule has 1 aliphatic rings. The minimum absolute atomic E-state index is 0.0567. The SMILES string of the molecule is O=C1/C(=C/c2ccc(O)c(I)c2)SC(=NCc2ccccc2)N1Cc1ccccc1. The first kappa shape index (κ1) is 20.7. The summed E-state index contributed by atoms with van der Waals surface area (Å²) in [5, 5.41) is 10.5. The van der Waals surface area contributed by atoms with Gasteiger partial charge < -0.3 is 5.11 Å². The van der Waals surface area contributed by atoms with Crippen molar-refractivity contribution in [3.63, 3.8) is 0 Å². The summed E-state index contributed by atoms with van der Waals surface area (Å²) >= 11 is 3.47. The number of carbonyl (C=O) groups is 1. The minimum Gasteiger partial charge on any atom is -0.507 e. The number of halogens is 1. The van der Waals surface area contributed by atoms with E-state index in [2.05, 4.69) is 22.6 Å². The Labute approximate surface area is 193 Å². The molecule has 30 heavy (non-hydrogen) atoms. The lowest BCUT2D eigenvalue weighted by molar-refractivity contribution is -0.122. The zero-order valence-corrected chi connectivity index (χ0v) is 19.0. The van der Waals surface area contributed by atoms with E-state index >= 15 is 0 Å². The van der Waals surface area contributed by atoms with E-state index in [1.165, 1.54) is 11.8 Å². The monoisotopic (exact) mass is 526 g/mol. The van der Waals surface area contributed by atoms with Crippen LogP contribution >= 0.6 is 34.4 Å². The normalized spacial score (nSPS) is 16.6. The van der Waals surface area contributed by atoms with Crippen molar-refractivity contribution in [3.05, 3.63) is 104 Å². The summed E-state index contributed by atoms with van der Waals surface area (Å²) < 4.78 is 0.747. The Morgan fingerprint density at radius 3 is 2.30 bits per heavy atom. The van der Waals surface area contributed by atoms with E-state index in [0.29, 0.717) is 23.2 Å². The fourth-order valence-electron chi connectivity index (χ4n) is 3.04. The Morgan fingerprint density at radius 2 is 1.63 bits per heavy atom. The molecule has 6 heteroatoms. The third kappa shape index (κ3) is 4.94. The van der Waals surface area contributed by atoms with E-state index < -0.39 is 0 Å². The number of phenols is 1. The number of hydrogen-bond acceptors (Lipinski definition) is 4. The van der Waals surface area contributed by atoms with Gasteiger partial charge in [-0.3, -0.25) is 14.7 Å². The first-order valence-corrected chi connectivity index (χ1v) is 11.3. The molecule has 150 valence electrons. The largest absolute Gasteiger partial charge is 0.507 e. The third-order valence-corrected chi connectivity index (χ3v) is 6.49. The number of amidine groups is 1. The Balaban J connectivity index is 1.64. The van der Waals surface area contributed by atoms with Gasteiger partial charge in [-0.2, -0.15) is 0 Å². The highest BCUT2D eigenvalue weighted by Crippen LogP contribution is 2.34. The highest BCUT2D eigenvalue weighted by molar-refractivity contribution is 14.1. The fourth-order valence-corrected chi connectivity index (χ4v) is 4.55. The Kier molecular flexibility index (Phi) is 6.54. The van der Waals surface area contributed by atoms with Gasteiger partial charge in [0.25, 0.3) is 5.91 Å². The Morgan fingerprint density at radius 1 is 0.967 bits per heavy atom. The fraction of sp³-hybridized carbons (Fsp3) is 0.0833. The molecule has 1 heterocycles. The maximum Gasteiger partial charge on any atom is 0.267 e. The summed E-state index contributed by atoms with van der Waals surface area (Å²) in [5.41, 5.74) is 3.03. The van der Waals surface area contributed by atoms with Gasteiger partial charge in [-0.05, 0) is 69.3 Å². The summed E-state index contributed by atoms with van der Waals surface area (Å²) in [6.45, 7) is 0.997. The smallest absolute Gasteiger partial charge is 0.267 e. The molecule has 3 aromatic carbocycles. The van der Waals surface area contributed by atoms with Crippen LogP contribution in [0, 0.1) is 3.57 Å². The Hall–Kier alpha value is -2.58. The predicted molar refractivity (Wildman–Crippen MR) is 131 cm³/mol. The first-order valence-electron chi connectivity index (χ1n) is 9.42. The highest BCUT2D eigenvalue weighted by Gasteiger charge is 2.33. The molecule has 0 spiro atoms. The maximum absolute atomic E-state index is 13.2. The topological polar surface area (TPSA) is 52.9 Å². The van der Waals surface area contributed by atoms with Crippen LogP contribution in [0.4, 0.5) is 0 Å². The molecule has 0 bridgehead atoms. The number of phenolic OH excluding ortho intramolecular Hbond substituents is 1. The number of hydrogen-bond donors (Lipinski definition) is 1. The van der Waals surface area contributed by atoms with Crippen molar-refractivity contribution in [1.29, 1.82) is 0 Å². The zero-order chi connectivity index (χ0) is 20.9. The molecule has 0 unspecified atom stereocenters. The summed E-state index contributed by atoms with van der Waals surface area (Å²) in [6, 6.07) is 25.2. The van der Waals surface area contributed by atoms with Gasteiger partial charge in [0, 0.05) is 0 Å². The van der Waals surface area contributed by atoms with Gasteiger partial charge in [-0.1, -0.05) is 66.7 Å². The Bertz CT molecular complexity index is 1110. The number of aliphatic imine (C=N–C) groups is 1. The summed E-state index contributed by atoms with van der Waals surface area (Å²) in [4.78, 5) is 20.3. The van der Waals surface area contributed by atoms with Crippen LogP contribution < -0.4 is 0 Å². The molecule has 0 saturated carbocycles. The van der Waals surface area contributed by atoms with Crippen LogP contribution in [0.15, 0.2) is 88.8 Å². The van der Waals surface area contributed by atoms with Crippen LogP contribution in [0.5, 0.6) is 5.75 Å². The summed E-state index contributed by atoms with van der Waals surface area (Å²) in [7, 11) is 0. The van der Waals surface area contributed by atoms with Gasteiger partial charge >= 0.3 is 0 Å². The predicted octanol–water partition coefficient (Wildman–Crippen LogP) is 5.67. The van der Waals surface area contributed by atoms with Crippen LogP contribution in [-0.4, -0.2) is 21.1 Å². The second-order valence-electron chi connectivity index (χ2n) is 6.78. The molecule has 3 aromatic rings.